The Morgan fingerprint density at radius 1 is 1.10 bits per heavy atom. The number of anilines is 1. The van der Waals surface area contributed by atoms with Crippen LogP contribution in [0.25, 0.3) is 11.3 Å². The summed E-state index contributed by atoms with van der Waals surface area (Å²) in [4.78, 5) is 17.3. The molecule has 6 nitrogen and oxygen atoms in total. The second-order valence-electron chi connectivity index (χ2n) is 7.41. The van der Waals surface area contributed by atoms with Crippen molar-refractivity contribution in [3.05, 3.63) is 70.9 Å². The summed E-state index contributed by atoms with van der Waals surface area (Å²) in [5.74, 6) is -0.224. The van der Waals surface area contributed by atoms with Crippen LogP contribution in [0.2, 0.25) is 5.02 Å². The van der Waals surface area contributed by atoms with Gasteiger partial charge in [-0.15, -0.1) is 0 Å². The number of aromatic nitrogens is 2. The lowest BCUT2D eigenvalue weighted by Crippen LogP contribution is -2.43. The zero-order valence-corrected chi connectivity index (χ0v) is 17.1. The van der Waals surface area contributed by atoms with Crippen molar-refractivity contribution in [2.75, 3.05) is 38.5 Å². The van der Waals surface area contributed by atoms with Gasteiger partial charge < -0.3 is 10.2 Å². The number of nitrogens with zero attached hydrogens (tertiary/aromatic N) is 3. The smallest absolute Gasteiger partial charge is 0.273 e. The lowest BCUT2D eigenvalue weighted by atomic mass is 10.1. The molecule has 150 valence electrons. The topological polar surface area (TPSA) is 64.3 Å². The lowest BCUT2D eigenvalue weighted by molar-refractivity contribution is 0.102. The highest BCUT2D eigenvalue weighted by atomic mass is 35.5. The van der Waals surface area contributed by atoms with Crippen molar-refractivity contribution in [2.45, 2.75) is 6.54 Å². The molecule has 0 saturated carbocycles. The summed E-state index contributed by atoms with van der Waals surface area (Å²) in [6.07, 6.45) is 0. The van der Waals surface area contributed by atoms with E-state index in [1.807, 2.05) is 30.3 Å². The Labute approximate surface area is 175 Å². The number of rotatable bonds is 5. The number of likely N-dealkylation sites (N-methyl/N-ethyl adjacent to an activating group) is 1. The number of benzene rings is 2. The largest absolute Gasteiger partial charge is 0.321 e. The number of H-pyrrole nitrogens is 1. The summed E-state index contributed by atoms with van der Waals surface area (Å²) < 4.78 is 0. The molecule has 0 spiro atoms. The van der Waals surface area contributed by atoms with E-state index in [-0.39, 0.29) is 5.91 Å². The van der Waals surface area contributed by atoms with Crippen molar-refractivity contribution in [1.82, 2.24) is 20.0 Å². The molecule has 0 radical (unpaired) electrons. The molecule has 3 aromatic rings. The van der Waals surface area contributed by atoms with E-state index in [0.717, 1.165) is 44.0 Å². The van der Waals surface area contributed by atoms with Crippen LogP contribution in [-0.4, -0.2) is 59.1 Å². The molecule has 1 aliphatic rings. The maximum atomic E-state index is 12.5. The van der Waals surface area contributed by atoms with Gasteiger partial charge in [0.25, 0.3) is 5.91 Å². The summed E-state index contributed by atoms with van der Waals surface area (Å²) in [7, 11) is 2.16. The summed E-state index contributed by atoms with van der Waals surface area (Å²) in [6.45, 7) is 5.32. The number of hydrogen-bond acceptors (Lipinski definition) is 4. The molecule has 4 rings (SSSR count). The highest BCUT2D eigenvalue weighted by molar-refractivity contribution is 6.30. The molecule has 1 amide bonds. The van der Waals surface area contributed by atoms with Crippen LogP contribution in [0, 0.1) is 0 Å². The highest BCUT2D eigenvalue weighted by Crippen LogP contribution is 2.22. The fraction of sp³-hybridized carbons (Fsp3) is 0.273. The van der Waals surface area contributed by atoms with Gasteiger partial charge in [0.05, 0.1) is 5.69 Å². The summed E-state index contributed by atoms with van der Waals surface area (Å²) in [6, 6.07) is 17.1. The fourth-order valence-electron chi connectivity index (χ4n) is 3.39. The molecule has 29 heavy (non-hydrogen) atoms. The van der Waals surface area contributed by atoms with Crippen molar-refractivity contribution >= 4 is 23.2 Å². The van der Waals surface area contributed by atoms with Crippen molar-refractivity contribution in [3.8, 4) is 11.3 Å². The molecular weight excluding hydrogens is 386 g/mol. The number of halogens is 1. The number of piperazine rings is 1. The molecule has 1 saturated heterocycles. The summed E-state index contributed by atoms with van der Waals surface area (Å²) in [5, 5.41) is 10.6. The van der Waals surface area contributed by atoms with Gasteiger partial charge in [0.15, 0.2) is 0 Å². The monoisotopic (exact) mass is 409 g/mol. The van der Waals surface area contributed by atoms with E-state index >= 15 is 0 Å². The molecule has 1 fully saturated rings. The molecule has 1 aromatic heterocycles. The maximum absolute atomic E-state index is 12.5. The van der Waals surface area contributed by atoms with E-state index in [1.54, 1.807) is 12.1 Å². The molecule has 2 aromatic carbocycles. The van der Waals surface area contributed by atoms with Crippen molar-refractivity contribution < 1.29 is 4.79 Å². The third-order valence-electron chi connectivity index (χ3n) is 5.16. The van der Waals surface area contributed by atoms with Crippen LogP contribution in [0.4, 0.5) is 5.69 Å². The quantitative estimate of drug-likeness (QED) is 0.674. The first-order chi connectivity index (χ1) is 14.1. The molecule has 1 aliphatic heterocycles. The van der Waals surface area contributed by atoms with E-state index in [0.29, 0.717) is 16.4 Å². The minimum atomic E-state index is -0.224. The number of carbonyl (C=O) groups is 1. The van der Waals surface area contributed by atoms with Gasteiger partial charge in [-0.3, -0.25) is 14.8 Å². The summed E-state index contributed by atoms with van der Waals surface area (Å²) in [5.41, 5.74) is 3.95. The van der Waals surface area contributed by atoms with Gasteiger partial charge in [-0.2, -0.15) is 5.10 Å². The molecule has 0 bridgehead atoms. The Morgan fingerprint density at radius 3 is 2.59 bits per heavy atom. The molecule has 0 atom stereocenters. The van der Waals surface area contributed by atoms with Gasteiger partial charge in [-0.25, -0.2) is 0 Å². The number of nitrogens with one attached hydrogen (secondary N) is 2. The first-order valence-electron chi connectivity index (χ1n) is 9.69. The Morgan fingerprint density at radius 2 is 1.86 bits per heavy atom. The minimum absolute atomic E-state index is 0.224. The number of carbonyl (C=O) groups excluding carboxylic acids is 1. The Kier molecular flexibility index (Phi) is 5.94. The Hall–Kier alpha value is -2.67. The number of hydrogen-bond donors (Lipinski definition) is 2. The van der Waals surface area contributed by atoms with Gasteiger partial charge in [0.2, 0.25) is 0 Å². The third kappa shape index (κ3) is 5.03. The first-order valence-corrected chi connectivity index (χ1v) is 10.1. The average Bonchev–Trinajstić information content (AvgIpc) is 3.22. The molecule has 0 aliphatic carbocycles. The summed E-state index contributed by atoms with van der Waals surface area (Å²) >= 11 is 6.03. The molecular formula is C22H24ClN5O. The van der Waals surface area contributed by atoms with Gasteiger partial charge >= 0.3 is 0 Å². The van der Waals surface area contributed by atoms with Crippen LogP contribution < -0.4 is 5.32 Å². The highest BCUT2D eigenvalue weighted by Gasteiger charge is 2.14. The van der Waals surface area contributed by atoms with E-state index in [9.17, 15) is 4.79 Å². The Balaban J connectivity index is 1.36. The number of aromatic amines is 1. The second-order valence-corrected chi connectivity index (χ2v) is 7.84. The Bertz CT molecular complexity index is 977. The lowest BCUT2D eigenvalue weighted by Gasteiger charge is -2.32. The van der Waals surface area contributed by atoms with Crippen molar-refractivity contribution in [3.63, 3.8) is 0 Å². The normalized spacial score (nSPS) is 15.4. The zero-order chi connectivity index (χ0) is 20.2. The van der Waals surface area contributed by atoms with Crippen molar-refractivity contribution in [1.29, 1.82) is 0 Å². The van der Waals surface area contributed by atoms with Crippen LogP contribution in [0.3, 0.4) is 0 Å². The van der Waals surface area contributed by atoms with Crippen LogP contribution in [0.1, 0.15) is 16.1 Å². The second kappa shape index (κ2) is 8.78. The van der Waals surface area contributed by atoms with Crippen molar-refractivity contribution in [2.24, 2.45) is 0 Å². The molecule has 2 N–H and O–H groups in total. The SMILES string of the molecule is CN1CCN(Cc2ccc(NC(=O)c3cc(-c4cccc(Cl)c4)n[nH]3)cc2)CC1. The van der Waals surface area contributed by atoms with E-state index in [4.69, 9.17) is 11.6 Å². The number of amides is 1. The van der Waals surface area contributed by atoms with E-state index in [1.165, 1.54) is 5.56 Å². The first kappa shape index (κ1) is 19.6. The molecule has 7 heteroatoms. The zero-order valence-electron chi connectivity index (χ0n) is 16.4. The van der Waals surface area contributed by atoms with Crippen LogP contribution >= 0.6 is 11.6 Å². The van der Waals surface area contributed by atoms with Gasteiger partial charge in [0, 0.05) is 49.0 Å². The average molecular weight is 410 g/mol. The van der Waals surface area contributed by atoms with Crippen LogP contribution in [-0.2, 0) is 6.54 Å². The standard InChI is InChI=1S/C22H24ClN5O/c1-27-9-11-28(12-10-27)15-16-5-7-19(8-6-16)24-22(29)21-14-20(25-26-21)17-3-2-4-18(23)13-17/h2-8,13-14H,9-12,15H2,1H3,(H,24,29)(H,25,26). The van der Waals surface area contributed by atoms with E-state index in [2.05, 4.69) is 44.5 Å². The fourth-order valence-corrected chi connectivity index (χ4v) is 3.58. The van der Waals surface area contributed by atoms with Crippen LogP contribution in [0.15, 0.2) is 54.6 Å². The predicted octanol–water partition coefficient (Wildman–Crippen LogP) is 3.73. The maximum Gasteiger partial charge on any atom is 0.273 e. The predicted molar refractivity (Wildman–Crippen MR) is 116 cm³/mol. The third-order valence-corrected chi connectivity index (χ3v) is 5.39. The molecule has 0 unspecified atom stereocenters. The van der Waals surface area contributed by atoms with Gasteiger partial charge in [-0.05, 0) is 42.9 Å². The van der Waals surface area contributed by atoms with Gasteiger partial charge in [-0.1, -0.05) is 35.9 Å². The molecule has 2 heterocycles. The van der Waals surface area contributed by atoms with Gasteiger partial charge in [0.1, 0.15) is 5.69 Å². The minimum Gasteiger partial charge on any atom is -0.321 e. The van der Waals surface area contributed by atoms with E-state index < -0.39 is 0 Å². The van der Waals surface area contributed by atoms with Crippen LogP contribution in [0.5, 0.6) is 0 Å².